The number of hydrogen-bond acceptors (Lipinski definition) is 5. The Morgan fingerprint density at radius 1 is 1.14 bits per heavy atom. The van der Waals surface area contributed by atoms with Crippen molar-refractivity contribution in [3.05, 3.63) is 65.2 Å². The number of rotatable bonds is 6. The van der Waals surface area contributed by atoms with Gasteiger partial charge in [-0.2, -0.15) is 5.10 Å². The number of methoxy groups -OCH3 is 1. The van der Waals surface area contributed by atoms with Gasteiger partial charge in [-0.15, -0.1) is 0 Å². The fourth-order valence-electron chi connectivity index (χ4n) is 4.08. The summed E-state index contributed by atoms with van der Waals surface area (Å²) in [5, 5.41) is 7.97. The number of benzene rings is 1. The van der Waals surface area contributed by atoms with Gasteiger partial charge < -0.3 is 10.1 Å². The Hall–Kier alpha value is -2.86. The van der Waals surface area contributed by atoms with E-state index >= 15 is 0 Å². The molecule has 4 rings (SSSR count). The molecule has 1 fully saturated rings. The van der Waals surface area contributed by atoms with Gasteiger partial charge >= 0.3 is 0 Å². The molecule has 0 unspecified atom stereocenters. The minimum atomic E-state index is 0.461. The van der Waals surface area contributed by atoms with Gasteiger partial charge in [0.05, 0.1) is 12.8 Å². The highest BCUT2D eigenvalue weighted by Crippen LogP contribution is 2.30. The Balaban J connectivity index is 1.45. The average molecular weight is 392 g/mol. The number of nitrogens with one attached hydrogen (secondary N) is 1. The van der Waals surface area contributed by atoms with E-state index in [0.29, 0.717) is 5.92 Å². The predicted molar refractivity (Wildman–Crippen MR) is 116 cm³/mol. The Bertz CT molecular complexity index is 979. The first-order valence-electron chi connectivity index (χ1n) is 10.1. The molecular formula is C23H29N5O. The summed E-state index contributed by atoms with van der Waals surface area (Å²) in [4.78, 5) is 7.35. The maximum atomic E-state index is 5.24. The molecule has 3 aromatic rings. The van der Waals surface area contributed by atoms with E-state index in [1.54, 1.807) is 7.11 Å². The highest BCUT2D eigenvalue weighted by atomic mass is 16.5. The lowest BCUT2D eigenvalue weighted by atomic mass is 10.0. The van der Waals surface area contributed by atoms with Crippen molar-refractivity contribution in [2.45, 2.75) is 32.7 Å². The van der Waals surface area contributed by atoms with Gasteiger partial charge in [0.2, 0.25) is 0 Å². The summed E-state index contributed by atoms with van der Waals surface area (Å²) in [5.74, 6) is 1.32. The van der Waals surface area contributed by atoms with Crippen molar-refractivity contribution in [2.24, 2.45) is 7.05 Å². The number of aryl methyl sites for hydroxylation is 3. The molecule has 6 heteroatoms. The first-order valence-corrected chi connectivity index (χ1v) is 10.1. The monoisotopic (exact) mass is 391 g/mol. The highest BCUT2D eigenvalue weighted by Gasteiger charge is 2.26. The summed E-state index contributed by atoms with van der Waals surface area (Å²) in [5.41, 5.74) is 6.77. The summed E-state index contributed by atoms with van der Waals surface area (Å²) < 4.78 is 7.14. The summed E-state index contributed by atoms with van der Waals surface area (Å²) in [6.07, 6.45) is 3.27. The van der Waals surface area contributed by atoms with Crippen LogP contribution in [0.1, 0.15) is 35.0 Å². The molecule has 29 heavy (non-hydrogen) atoms. The smallest absolute Gasteiger partial charge is 0.119 e. The molecule has 1 atom stereocenters. The molecule has 0 bridgehead atoms. The van der Waals surface area contributed by atoms with E-state index in [-0.39, 0.29) is 0 Å². The van der Waals surface area contributed by atoms with Gasteiger partial charge in [0, 0.05) is 60.6 Å². The van der Waals surface area contributed by atoms with Crippen LogP contribution in [0.25, 0.3) is 0 Å². The van der Waals surface area contributed by atoms with E-state index in [4.69, 9.17) is 9.72 Å². The third kappa shape index (κ3) is 4.59. The maximum absolute atomic E-state index is 5.24. The van der Waals surface area contributed by atoms with Gasteiger partial charge in [0.1, 0.15) is 5.75 Å². The molecule has 1 N–H and O–H groups in total. The van der Waals surface area contributed by atoms with Crippen molar-refractivity contribution >= 4 is 11.4 Å². The van der Waals surface area contributed by atoms with Crippen molar-refractivity contribution in [1.82, 2.24) is 19.7 Å². The second kappa shape index (κ2) is 8.25. The third-order valence-corrected chi connectivity index (χ3v) is 5.55. The molecule has 0 amide bonds. The molecule has 1 aliphatic rings. The fourth-order valence-corrected chi connectivity index (χ4v) is 4.08. The molecule has 0 saturated carbocycles. The SMILES string of the molecule is COc1ccc(Nc2cc(C)nc([C@H]3CCN(Cc4cn(C)nc4C)C3)c2)cc1. The number of hydrogen-bond donors (Lipinski definition) is 1. The zero-order valence-electron chi connectivity index (χ0n) is 17.6. The summed E-state index contributed by atoms with van der Waals surface area (Å²) in [7, 11) is 3.67. The third-order valence-electron chi connectivity index (χ3n) is 5.55. The number of nitrogens with zero attached hydrogens (tertiary/aromatic N) is 4. The lowest BCUT2D eigenvalue weighted by Crippen LogP contribution is -2.20. The van der Waals surface area contributed by atoms with Crippen molar-refractivity contribution in [2.75, 3.05) is 25.5 Å². The Morgan fingerprint density at radius 2 is 1.93 bits per heavy atom. The normalized spacial score (nSPS) is 16.9. The van der Waals surface area contributed by atoms with Crippen LogP contribution in [-0.4, -0.2) is 39.9 Å². The van der Waals surface area contributed by atoms with Crippen LogP contribution < -0.4 is 10.1 Å². The summed E-state index contributed by atoms with van der Waals surface area (Å²) in [6.45, 7) is 7.23. The molecule has 3 heterocycles. The number of likely N-dealkylation sites (tertiary alicyclic amines) is 1. The van der Waals surface area contributed by atoms with Gasteiger partial charge in [0.25, 0.3) is 0 Å². The Kier molecular flexibility index (Phi) is 5.53. The van der Waals surface area contributed by atoms with Crippen LogP contribution in [0.3, 0.4) is 0 Å². The van der Waals surface area contributed by atoms with Gasteiger partial charge in [-0.1, -0.05) is 0 Å². The van der Waals surface area contributed by atoms with E-state index in [9.17, 15) is 0 Å². The first kappa shape index (κ1) is 19.5. The van der Waals surface area contributed by atoms with Crippen LogP contribution in [0.15, 0.2) is 42.6 Å². The van der Waals surface area contributed by atoms with Crippen molar-refractivity contribution in [3.63, 3.8) is 0 Å². The summed E-state index contributed by atoms with van der Waals surface area (Å²) in [6, 6.07) is 12.3. The predicted octanol–water partition coefficient (Wildman–Crippen LogP) is 4.17. The Labute approximate surface area is 172 Å². The number of pyridine rings is 1. The van der Waals surface area contributed by atoms with Crippen LogP contribution in [0.4, 0.5) is 11.4 Å². The van der Waals surface area contributed by atoms with Crippen molar-refractivity contribution < 1.29 is 4.74 Å². The van der Waals surface area contributed by atoms with E-state index in [1.165, 1.54) is 11.3 Å². The number of aromatic nitrogens is 3. The molecule has 1 aromatic carbocycles. The molecule has 0 radical (unpaired) electrons. The molecule has 152 valence electrons. The fraction of sp³-hybridized carbons (Fsp3) is 0.391. The zero-order chi connectivity index (χ0) is 20.4. The molecule has 6 nitrogen and oxygen atoms in total. The minimum absolute atomic E-state index is 0.461. The summed E-state index contributed by atoms with van der Waals surface area (Å²) >= 11 is 0. The molecular weight excluding hydrogens is 362 g/mol. The van der Waals surface area contributed by atoms with Gasteiger partial charge in [0.15, 0.2) is 0 Å². The van der Waals surface area contributed by atoms with Gasteiger partial charge in [-0.05, 0) is 63.2 Å². The average Bonchev–Trinajstić information content (AvgIpc) is 3.28. The lowest BCUT2D eigenvalue weighted by Gasteiger charge is -2.16. The van der Waals surface area contributed by atoms with Crippen LogP contribution in [0.2, 0.25) is 0 Å². The van der Waals surface area contributed by atoms with Crippen LogP contribution in [0, 0.1) is 13.8 Å². The van der Waals surface area contributed by atoms with Crippen molar-refractivity contribution in [3.8, 4) is 5.75 Å². The minimum Gasteiger partial charge on any atom is -0.497 e. The Morgan fingerprint density at radius 3 is 2.62 bits per heavy atom. The van der Waals surface area contributed by atoms with Gasteiger partial charge in [-0.25, -0.2) is 0 Å². The first-order chi connectivity index (χ1) is 14.0. The van der Waals surface area contributed by atoms with Crippen LogP contribution in [-0.2, 0) is 13.6 Å². The maximum Gasteiger partial charge on any atom is 0.119 e. The largest absolute Gasteiger partial charge is 0.497 e. The number of anilines is 2. The molecule has 1 saturated heterocycles. The van der Waals surface area contributed by atoms with E-state index in [2.05, 4.69) is 47.5 Å². The molecule has 1 aliphatic heterocycles. The zero-order valence-corrected chi connectivity index (χ0v) is 17.6. The number of ether oxygens (including phenoxy) is 1. The second-order valence-corrected chi connectivity index (χ2v) is 7.91. The van der Waals surface area contributed by atoms with E-state index in [0.717, 1.165) is 54.6 Å². The van der Waals surface area contributed by atoms with Crippen LogP contribution in [0.5, 0.6) is 5.75 Å². The topological polar surface area (TPSA) is 55.2 Å². The van der Waals surface area contributed by atoms with Gasteiger partial charge in [-0.3, -0.25) is 14.6 Å². The van der Waals surface area contributed by atoms with Crippen LogP contribution >= 0.6 is 0 Å². The molecule has 2 aromatic heterocycles. The standard InChI is InChI=1S/C23H29N5O/c1-16-11-21(25-20-5-7-22(29-4)8-6-20)12-23(24-16)18-9-10-28(14-18)15-19-13-27(3)26-17(19)2/h5-8,11-13,18H,9-10,14-15H2,1-4H3,(H,24,25)/t18-/m0/s1. The molecule has 0 aliphatic carbocycles. The van der Waals surface area contributed by atoms with E-state index in [1.807, 2.05) is 36.0 Å². The quantitative estimate of drug-likeness (QED) is 0.683. The second-order valence-electron chi connectivity index (χ2n) is 7.91. The molecule has 0 spiro atoms. The lowest BCUT2D eigenvalue weighted by molar-refractivity contribution is 0.325. The van der Waals surface area contributed by atoms with Crippen molar-refractivity contribution in [1.29, 1.82) is 0 Å². The van der Waals surface area contributed by atoms with E-state index < -0.39 is 0 Å². The highest BCUT2D eigenvalue weighted by molar-refractivity contribution is 5.61.